The highest BCUT2D eigenvalue weighted by molar-refractivity contribution is 5.96. The molecule has 0 amide bonds. The molecule has 0 heterocycles. The van der Waals surface area contributed by atoms with Crippen molar-refractivity contribution in [3.63, 3.8) is 0 Å². The number of para-hydroxylation sites is 1. The van der Waals surface area contributed by atoms with E-state index in [-0.39, 0.29) is 5.41 Å². The number of benzene rings is 11. The second-order valence-corrected chi connectivity index (χ2v) is 24.3. The van der Waals surface area contributed by atoms with E-state index in [4.69, 9.17) is 0 Å². The summed E-state index contributed by atoms with van der Waals surface area (Å²) in [5.74, 6) is 2.50. The molecule has 0 aromatic heterocycles. The van der Waals surface area contributed by atoms with Gasteiger partial charge in [-0.05, 0) is 224 Å². The van der Waals surface area contributed by atoms with Gasteiger partial charge in [0.2, 0.25) is 0 Å². The zero-order valence-electron chi connectivity index (χ0n) is 47.1. The highest BCUT2D eigenvalue weighted by atomic mass is 15.2. The molecule has 398 valence electrons. The largest absolute Gasteiger partial charge is 0.310 e. The van der Waals surface area contributed by atoms with Crippen molar-refractivity contribution < 1.29 is 0 Å². The van der Waals surface area contributed by atoms with Crippen molar-refractivity contribution in [2.45, 2.75) is 76.5 Å². The van der Waals surface area contributed by atoms with Crippen LogP contribution in [0.15, 0.2) is 261 Å². The minimum absolute atomic E-state index is 0.216. The van der Waals surface area contributed by atoms with Crippen LogP contribution in [0.3, 0.4) is 0 Å². The van der Waals surface area contributed by atoms with Crippen LogP contribution in [0.5, 0.6) is 0 Å². The lowest BCUT2D eigenvalue weighted by atomic mass is 9.81. The van der Waals surface area contributed by atoms with E-state index in [1.807, 2.05) is 0 Å². The molecule has 82 heavy (non-hydrogen) atoms. The molecule has 3 atom stereocenters. The zero-order chi connectivity index (χ0) is 54.7. The van der Waals surface area contributed by atoms with Gasteiger partial charge in [0.05, 0.1) is 0 Å². The van der Waals surface area contributed by atoms with Crippen LogP contribution >= 0.6 is 0 Å². The molecule has 6 bridgehead atoms. The highest BCUT2D eigenvalue weighted by Crippen LogP contribution is 2.55. The Bertz CT molecular complexity index is 4070. The highest BCUT2D eigenvalue weighted by Gasteiger charge is 2.40. The molecular weight excluding hydrogens is 989 g/mol. The van der Waals surface area contributed by atoms with E-state index >= 15 is 0 Å². The molecule has 0 radical (unpaired) electrons. The Kier molecular flexibility index (Phi) is 12.7. The van der Waals surface area contributed by atoms with E-state index in [1.54, 1.807) is 0 Å². The van der Waals surface area contributed by atoms with Gasteiger partial charge in [-0.2, -0.15) is 0 Å². The predicted molar refractivity (Wildman–Crippen MR) is 345 cm³/mol. The molecule has 0 aliphatic heterocycles. The topological polar surface area (TPSA) is 6.48 Å². The summed E-state index contributed by atoms with van der Waals surface area (Å²) in [6.07, 6.45) is 9.24. The summed E-state index contributed by atoms with van der Waals surface area (Å²) in [6, 6.07) is 98.7. The van der Waals surface area contributed by atoms with E-state index in [2.05, 4.69) is 285 Å². The quantitative estimate of drug-likeness (QED) is 0.127. The monoisotopic (exact) mass is 1060 g/mol. The van der Waals surface area contributed by atoms with Crippen LogP contribution in [0.4, 0.5) is 34.1 Å². The number of hydrogen-bond donors (Lipinski definition) is 0. The number of rotatable bonds is 11. The van der Waals surface area contributed by atoms with Crippen molar-refractivity contribution in [2.75, 3.05) is 9.80 Å². The van der Waals surface area contributed by atoms with Crippen LogP contribution in [-0.4, -0.2) is 0 Å². The Labute approximate surface area is 485 Å². The molecule has 2 fully saturated rings. The summed E-state index contributed by atoms with van der Waals surface area (Å²) in [6.45, 7) is 4.84. The second-order valence-electron chi connectivity index (χ2n) is 24.3. The van der Waals surface area contributed by atoms with E-state index in [9.17, 15) is 0 Å². The van der Waals surface area contributed by atoms with Gasteiger partial charge in [0.1, 0.15) is 0 Å². The Balaban J connectivity index is 0.833. The molecule has 11 aromatic carbocycles. The number of aryl methyl sites for hydroxylation is 4. The van der Waals surface area contributed by atoms with Gasteiger partial charge in [-0.1, -0.05) is 214 Å². The molecule has 2 heteroatoms. The fourth-order valence-electron chi connectivity index (χ4n) is 14.9. The fourth-order valence-corrected chi connectivity index (χ4v) is 14.9. The molecule has 18 rings (SSSR count). The third-order valence-corrected chi connectivity index (χ3v) is 19.2. The van der Waals surface area contributed by atoms with Gasteiger partial charge < -0.3 is 9.80 Å². The maximum absolute atomic E-state index is 2.58. The van der Waals surface area contributed by atoms with E-state index < -0.39 is 0 Å². The van der Waals surface area contributed by atoms with Crippen molar-refractivity contribution >= 4 is 34.1 Å². The van der Waals surface area contributed by atoms with Crippen molar-refractivity contribution in [3.8, 4) is 55.6 Å². The van der Waals surface area contributed by atoms with Crippen LogP contribution in [0, 0.1) is 11.8 Å². The zero-order valence-corrected chi connectivity index (χ0v) is 47.1. The second kappa shape index (κ2) is 20.8. The average molecular weight is 1060 g/mol. The van der Waals surface area contributed by atoms with Crippen LogP contribution < -0.4 is 9.80 Å². The maximum atomic E-state index is 2.58. The lowest BCUT2D eigenvalue weighted by Gasteiger charge is -2.31. The summed E-state index contributed by atoms with van der Waals surface area (Å²) < 4.78 is 0. The number of nitrogens with zero attached hydrogens (tertiary/aromatic N) is 2. The molecule has 0 saturated heterocycles. The van der Waals surface area contributed by atoms with Crippen molar-refractivity contribution in [2.24, 2.45) is 11.8 Å². The van der Waals surface area contributed by atoms with Crippen molar-refractivity contribution in [3.05, 3.63) is 300 Å². The van der Waals surface area contributed by atoms with Gasteiger partial charge in [0.25, 0.3) is 0 Å². The van der Waals surface area contributed by atoms with Crippen molar-refractivity contribution in [1.29, 1.82) is 0 Å². The van der Waals surface area contributed by atoms with Gasteiger partial charge >= 0.3 is 0 Å². The SMILES string of the molecule is CC1(C)c2cc(-c3ccccc3)ccc2-c2ccc(N(c3ccc(-c4c(-c5ccccc5)cccc4-c4ccccc4)cc3)c3cc4ccc3CCc3ccc(c(N(c5ccccc5)c5ccc(C6CC7CCC6C7)cc5)c3)CC4)cc21. The van der Waals surface area contributed by atoms with E-state index in [1.165, 1.54) is 149 Å². The first-order valence-corrected chi connectivity index (χ1v) is 30.1. The molecule has 0 spiro atoms. The van der Waals surface area contributed by atoms with Gasteiger partial charge in [-0.25, -0.2) is 0 Å². The lowest BCUT2D eigenvalue weighted by molar-refractivity contribution is 0.420. The van der Waals surface area contributed by atoms with Crippen LogP contribution in [-0.2, 0) is 31.1 Å². The van der Waals surface area contributed by atoms with Gasteiger partial charge in [0.15, 0.2) is 0 Å². The summed E-state index contributed by atoms with van der Waals surface area (Å²) in [7, 11) is 0. The third kappa shape index (κ3) is 9.06. The first-order chi connectivity index (χ1) is 40.4. The Hall–Kier alpha value is -8.98. The first kappa shape index (κ1) is 50.0. The van der Waals surface area contributed by atoms with E-state index in [0.717, 1.165) is 43.2 Å². The van der Waals surface area contributed by atoms with Gasteiger partial charge in [-0.3, -0.25) is 0 Å². The summed E-state index contributed by atoms with van der Waals surface area (Å²) in [5.41, 5.74) is 29.2. The molecule has 7 aliphatic rings. The number of hydrogen-bond acceptors (Lipinski definition) is 2. The Morgan fingerprint density at radius 2 is 0.829 bits per heavy atom. The Morgan fingerprint density at radius 1 is 0.341 bits per heavy atom. The van der Waals surface area contributed by atoms with Crippen molar-refractivity contribution in [1.82, 2.24) is 0 Å². The molecular formula is C80H68N2. The third-order valence-electron chi connectivity index (χ3n) is 19.2. The molecule has 11 aromatic rings. The smallest absolute Gasteiger partial charge is 0.0496 e. The minimum atomic E-state index is -0.216. The fraction of sp³-hybridized carbons (Fsp3) is 0.175. The number of fused-ring (bicyclic) bond motifs is 5. The van der Waals surface area contributed by atoms with Gasteiger partial charge in [0, 0.05) is 39.5 Å². The molecule has 2 nitrogen and oxygen atoms in total. The first-order valence-electron chi connectivity index (χ1n) is 30.1. The minimum Gasteiger partial charge on any atom is -0.310 e. The van der Waals surface area contributed by atoms with Crippen LogP contribution in [0.2, 0.25) is 0 Å². The molecule has 2 saturated carbocycles. The standard InChI is InChI=1S/C80H68N2/c1-80(2)75-52-64(57-16-7-3-8-17-57)40-46-72(75)73-47-45-69(53-76(73)80)82(68-43-38-63(39-44-68)79-70(58-18-9-4-10-19-58)24-15-25-71(79)59-20-11-5-12-21-59)78-51-55-27-32-61-31-26-54(28-33-62(78)34-29-55)50-77(61)81(66-22-13-6-14-23-66)67-41-36-60(37-42-67)74-49-56-30-35-65(74)48-56/h3-26,29,31,34,36-47,50-53,56,65,74H,27-28,30,32-33,35,48-49H2,1-2H3. The van der Waals surface area contributed by atoms with Crippen LogP contribution in [0.1, 0.15) is 84.4 Å². The lowest BCUT2D eigenvalue weighted by Crippen LogP contribution is -2.18. The summed E-state index contributed by atoms with van der Waals surface area (Å²) in [4.78, 5) is 5.11. The maximum Gasteiger partial charge on any atom is 0.0496 e. The molecule has 0 N–H and O–H groups in total. The van der Waals surface area contributed by atoms with Gasteiger partial charge in [-0.15, -0.1) is 0 Å². The molecule has 3 unspecified atom stereocenters. The summed E-state index contributed by atoms with van der Waals surface area (Å²) >= 11 is 0. The van der Waals surface area contributed by atoms with Crippen LogP contribution in [0.25, 0.3) is 55.6 Å². The Morgan fingerprint density at radius 3 is 1.39 bits per heavy atom. The average Bonchev–Trinajstić information content (AvgIpc) is 4.39. The van der Waals surface area contributed by atoms with E-state index in [0.29, 0.717) is 5.92 Å². The predicted octanol–water partition coefficient (Wildman–Crippen LogP) is 21.4. The molecule has 7 aliphatic carbocycles. The normalized spacial score (nSPS) is 17.2. The number of anilines is 6. The summed E-state index contributed by atoms with van der Waals surface area (Å²) in [5, 5.41) is 0.